The third-order valence-corrected chi connectivity index (χ3v) is 1.08. The Morgan fingerprint density at radius 1 is 1.62 bits per heavy atom. The Morgan fingerprint density at radius 3 is 2.75 bits per heavy atom. The SMILES string of the molecule is OC1CC=CN(O)C1. The van der Waals surface area contributed by atoms with Gasteiger partial charge in [0.25, 0.3) is 0 Å². The van der Waals surface area contributed by atoms with Gasteiger partial charge in [0.2, 0.25) is 0 Å². The van der Waals surface area contributed by atoms with Crippen LogP contribution in [-0.4, -0.2) is 28.0 Å². The van der Waals surface area contributed by atoms with E-state index >= 15 is 0 Å². The van der Waals surface area contributed by atoms with Crippen molar-refractivity contribution >= 4 is 0 Å². The molecule has 0 aliphatic carbocycles. The molecular formula is C5H9NO2. The molecule has 0 bridgehead atoms. The zero-order chi connectivity index (χ0) is 5.98. The van der Waals surface area contributed by atoms with Gasteiger partial charge in [0.15, 0.2) is 0 Å². The summed E-state index contributed by atoms with van der Waals surface area (Å²) >= 11 is 0. The Bertz CT molecular complexity index is 103. The Balaban J connectivity index is 2.42. The van der Waals surface area contributed by atoms with Crippen molar-refractivity contribution in [2.45, 2.75) is 12.5 Å². The van der Waals surface area contributed by atoms with Crippen molar-refractivity contribution in [2.75, 3.05) is 6.54 Å². The zero-order valence-electron chi connectivity index (χ0n) is 4.49. The number of nitrogens with zero attached hydrogens (tertiary/aromatic N) is 1. The number of aliphatic hydroxyl groups excluding tert-OH is 1. The minimum atomic E-state index is -0.398. The number of hydrogen-bond donors (Lipinski definition) is 2. The number of hydrogen-bond acceptors (Lipinski definition) is 3. The highest BCUT2D eigenvalue weighted by Crippen LogP contribution is 2.02. The molecule has 2 N–H and O–H groups in total. The fourth-order valence-corrected chi connectivity index (χ4v) is 0.691. The zero-order valence-corrected chi connectivity index (χ0v) is 4.49. The molecule has 0 saturated carbocycles. The molecule has 1 aliphatic rings. The van der Waals surface area contributed by atoms with Gasteiger partial charge in [-0.2, -0.15) is 0 Å². The first-order chi connectivity index (χ1) is 3.79. The van der Waals surface area contributed by atoms with Gasteiger partial charge < -0.3 is 5.11 Å². The van der Waals surface area contributed by atoms with E-state index in [1.54, 1.807) is 12.3 Å². The van der Waals surface area contributed by atoms with Crippen LogP contribution in [0.2, 0.25) is 0 Å². The van der Waals surface area contributed by atoms with Crippen molar-refractivity contribution in [1.29, 1.82) is 0 Å². The summed E-state index contributed by atoms with van der Waals surface area (Å²) in [7, 11) is 0. The van der Waals surface area contributed by atoms with Crippen molar-refractivity contribution in [2.24, 2.45) is 0 Å². The van der Waals surface area contributed by atoms with Gasteiger partial charge in [0.1, 0.15) is 0 Å². The van der Waals surface area contributed by atoms with E-state index in [9.17, 15) is 0 Å². The number of aliphatic hydroxyl groups is 1. The standard InChI is InChI=1S/C5H9NO2/c7-5-2-1-3-6(8)4-5/h1,3,5,7-8H,2,4H2. The molecule has 0 saturated heterocycles. The van der Waals surface area contributed by atoms with Crippen LogP contribution in [-0.2, 0) is 0 Å². The monoisotopic (exact) mass is 115 g/mol. The minimum Gasteiger partial charge on any atom is -0.391 e. The molecule has 0 aromatic heterocycles. The second-order valence-electron chi connectivity index (χ2n) is 1.90. The molecule has 0 aromatic carbocycles. The predicted octanol–water partition coefficient (Wildman–Crippen LogP) is -0.0441. The van der Waals surface area contributed by atoms with Crippen molar-refractivity contribution in [3.05, 3.63) is 12.3 Å². The summed E-state index contributed by atoms with van der Waals surface area (Å²) in [5, 5.41) is 18.5. The largest absolute Gasteiger partial charge is 0.391 e. The molecule has 1 atom stereocenters. The molecular weight excluding hydrogens is 106 g/mol. The lowest BCUT2D eigenvalue weighted by molar-refractivity contribution is -0.0748. The van der Waals surface area contributed by atoms with E-state index in [4.69, 9.17) is 10.3 Å². The molecule has 1 rings (SSSR count). The summed E-state index contributed by atoms with van der Waals surface area (Å²) in [5.41, 5.74) is 0. The maximum absolute atomic E-state index is 8.83. The smallest absolute Gasteiger partial charge is 0.0775 e. The first kappa shape index (κ1) is 5.59. The molecule has 0 amide bonds. The lowest BCUT2D eigenvalue weighted by Gasteiger charge is -2.19. The van der Waals surface area contributed by atoms with E-state index in [2.05, 4.69) is 0 Å². The highest BCUT2D eigenvalue weighted by molar-refractivity contribution is 4.87. The van der Waals surface area contributed by atoms with Crippen LogP contribution in [0.25, 0.3) is 0 Å². The van der Waals surface area contributed by atoms with E-state index in [1.165, 1.54) is 0 Å². The van der Waals surface area contributed by atoms with Gasteiger partial charge in [0.05, 0.1) is 12.6 Å². The minimum absolute atomic E-state index is 0.330. The summed E-state index contributed by atoms with van der Waals surface area (Å²) in [5.74, 6) is 0. The van der Waals surface area contributed by atoms with Crippen LogP contribution in [0.4, 0.5) is 0 Å². The Kier molecular flexibility index (Phi) is 1.50. The van der Waals surface area contributed by atoms with E-state index in [0.717, 1.165) is 5.06 Å². The van der Waals surface area contributed by atoms with Gasteiger partial charge >= 0.3 is 0 Å². The van der Waals surface area contributed by atoms with Gasteiger partial charge in [-0.25, -0.2) is 0 Å². The highest BCUT2D eigenvalue weighted by Gasteiger charge is 2.08. The van der Waals surface area contributed by atoms with Crippen molar-refractivity contribution in [3.63, 3.8) is 0 Å². The molecule has 1 unspecified atom stereocenters. The second kappa shape index (κ2) is 2.15. The molecule has 0 fully saturated rings. The molecule has 3 nitrogen and oxygen atoms in total. The third-order valence-electron chi connectivity index (χ3n) is 1.08. The average Bonchev–Trinajstić information content (AvgIpc) is 1.64. The molecule has 0 aromatic rings. The lowest BCUT2D eigenvalue weighted by Crippen LogP contribution is -2.28. The predicted molar refractivity (Wildman–Crippen MR) is 28.3 cm³/mol. The fourth-order valence-electron chi connectivity index (χ4n) is 0.691. The first-order valence-electron chi connectivity index (χ1n) is 2.59. The van der Waals surface area contributed by atoms with Crippen LogP contribution in [0.15, 0.2) is 12.3 Å². The van der Waals surface area contributed by atoms with Crippen molar-refractivity contribution in [1.82, 2.24) is 5.06 Å². The van der Waals surface area contributed by atoms with Gasteiger partial charge in [-0.15, -0.1) is 0 Å². The number of β-amino-alcohol motifs (C(OH)–C–C–N with tert-alkyl or cyclic N) is 1. The Labute approximate surface area is 47.8 Å². The van der Waals surface area contributed by atoms with E-state index in [1.807, 2.05) is 0 Å². The highest BCUT2D eigenvalue weighted by atomic mass is 16.5. The summed E-state index contributed by atoms with van der Waals surface area (Å²) < 4.78 is 0. The lowest BCUT2D eigenvalue weighted by atomic mass is 10.2. The van der Waals surface area contributed by atoms with Crippen LogP contribution in [0.1, 0.15) is 6.42 Å². The normalized spacial score (nSPS) is 28.8. The average molecular weight is 115 g/mol. The second-order valence-corrected chi connectivity index (χ2v) is 1.90. The molecule has 3 heteroatoms. The van der Waals surface area contributed by atoms with Crippen molar-refractivity contribution in [3.8, 4) is 0 Å². The number of rotatable bonds is 0. The molecule has 0 radical (unpaired) electrons. The topological polar surface area (TPSA) is 43.7 Å². The van der Waals surface area contributed by atoms with E-state index in [0.29, 0.717) is 13.0 Å². The fraction of sp³-hybridized carbons (Fsp3) is 0.600. The summed E-state index contributed by atoms with van der Waals surface area (Å²) in [6.45, 7) is 0.330. The molecule has 1 aliphatic heterocycles. The molecule has 0 spiro atoms. The van der Waals surface area contributed by atoms with Crippen molar-refractivity contribution < 1.29 is 10.3 Å². The van der Waals surface area contributed by atoms with E-state index in [-0.39, 0.29) is 0 Å². The first-order valence-corrected chi connectivity index (χ1v) is 2.59. The summed E-state index contributed by atoms with van der Waals surface area (Å²) in [6, 6.07) is 0. The maximum atomic E-state index is 8.83. The number of hydroxylamine groups is 2. The van der Waals surface area contributed by atoms with Gasteiger partial charge in [0, 0.05) is 6.20 Å². The summed E-state index contributed by atoms with van der Waals surface area (Å²) in [4.78, 5) is 0. The van der Waals surface area contributed by atoms with E-state index < -0.39 is 6.10 Å². The quantitative estimate of drug-likeness (QED) is 0.465. The van der Waals surface area contributed by atoms with Crippen LogP contribution in [0, 0.1) is 0 Å². The molecule has 46 valence electrons. The van der Waals surface area contributed by atoms with Crippen LogP contribution < -0.4 is 0 Å². The van der Waals surface area contributed by atoms with Gasteiger partial charge in [-0.3, -0.25) is 10.3 Å². The molecule has 8 heavy (non-hydrogen) atoms. The van der Waals surface area contributed by atoms with Crippen LogP contribution >= 0.6 is 0 Å². The third kappa shape index (κ3) is 1.21. The Hall–Kier alpha value is -0.540. The molecule has 1 heterocycles. The van der Waals surface area contributed by atoms with Gasteiger partial charge in [-0.05, 0) is 6.42 Å². The van der Waals surface area contributed by atoms with Crippen LogP contribution in [0.5, 0.6) is 0 Å². The van der Waals surface area contributed by atoms with Gasteiger partial charge in [-0.1, -0.05) is 6.08 Å². The summed E-state index contributed by atoms with van der Waals surface area (Å²) in [6.07, 6.45) is 3.53. The maximum Gasteiger partial charge on any atom is 0.0775 e. The van der Waals surface area contributed by atoms with Crippen LogP contribution in [0.3, 0.4) is 0 Å². The Morgan fingerprint density at radius 2 is 2.38 bits per heavy atom.